The maximum absolute atomic E-state index is 12.8. The lowest BCUT2D eigenvalue weighted by molar-refractivity contribution is -0.122. The van der Waals surface area contributed by atoms with Gasteiger partial charge in [-0.3, -0.25) is 9.59 Å². The van der Waals surface area contributed by atoms with Crippen molar-refractivity contribution in [1.82, 2.24) is 0 Å². The molecule has 5 nitrogen and oxygen atoms in total. The van der Waals surface area contributed by atoms with Crippen molar-refractivity contribution in [3.63, 3.8) is 0 Å². The Hall–Kier alpha value is -3.02. The van der Waals surface area contributed by atoms with Crippen LogP contribution in [0.15, 0.2) is 60.7 Å². The molecule has 0 saturated carbocycles. The minimum Gasteiger partial charge on any atom is -0.457 e. The standard InChI is InChI=1S/C25H22Cl2N2O3/c1-15-5-3-8-22(16(15)2)32-19-11-9-18(10-12-19)28-25(31)17-13-23(30)29(14-17)21-7-4-6-20(26)24(21)27/h3-12,17H,13-14H2,1-2H3,(H,28,31)/t17-/m1/s1. The molecule has 0 bridgehead atoms. The highest BCUT2D eigenvalue weighted by Crippen LogP contribution is 2.36. The molecule has 7 heteroatoms. The molecule has 32 heavy (non-hydrogen) atoms. The lowest BCUT2D eigenvalue weighted by atomic mass is 10.1. The van der Waals surface area contributed by atoms with Crippen LogP contribution in [0.1, 0.15) is 17.5 Å². The zero-order valence-corrected chi connectivity index (χ0v) is 19.2. The highest BCUT2D eigenvalue weighted by atomic mass is 35.5. The van der Waals surface area contributed by atoms with Crippen molar-refractivity contribution in [2.45, 2.75) is 20.3 Å². The molecule has 0 aromatic heterocycles. The maximum Gasteiger partial charge on any atom is 0.229 e. The molecule has 0 spiro atoms. The molecule has 1 aliphatic rings. The Balaban J connectivity index is 1.40. The first-order valence-corrected chi connectivity index (χ1v) is 11.0. The van der Waals surface area contributed by atoms with E-state index in [1.54, 1.807) is 42.5 Å². The van der Waals surface area contributed by atoms with Crippen molar-refractivity contribution < 1.29 is 14.3 Å². The molecular formula is C25H22Cl2N2O3. The molecule has 3 aromatic rings. The summed E-state index contributed by atoms with van der Waals surface area (Å²) >= 11 is 12.3. The number of carbonyl (C=O) groups excluding carboxylic acids is 2. The molecule has 4 rings (SSSR count). The molecule has 1 fully saturated rings. The largest absolute Gasteiger partial charge is 0.457 e. The minimum absolute atomic E-state index is 0.114. The molecule has 1 atom stereocenters. The molecule has 3 aromatic carbocycles. The lowest BCUT2D eigenvalue weighted by Gasteiger charge is -2.18. The zero-order chi connectivity index (χ0) is 22.8. The predicted molar refractivity (Wildman–Crippen MR) is 128 cm³/mol. The fourth-order valence-corrected chi connectivity index (χ4v) is 4.03. The first kappa shape index (κ1) is 22.2. The van der Waals surface area contributed by atoms with E-state index in [9.17, 15) is 9.59 Å². The number of rotatable bonds is 5. The number of carbonyl (C=O) groups is 2. The van der Waals surface area contributed by atoms with Gasteiger partial charge in [0.25, 0.3) is 0 Å². The van der Waals surface area contributed by atoms with Gasteiger partial charge in [-0.25, -0.2) is 0 Å². The van der Waals surface area contributed by atoms with Gasteiger partial charge in [-0.15, -0.1) is 0 Å². The van der Waals surface area contributed by atoms with E-state index in [1.165, 1.54) is 4.90 Å². The number of ether oxygens (including phenoxy) is 1. The van der Waals surface area contributed by atoms with Crippen molar-refractivity contribution in [1.29, 1.82) is 0 Å². The Morgan fingerprint density at radius 1 is 1.03 bits per heavy atom. The van der Waals surface area contributed by atoms with E-state index in [2.05, 4.69) is 5.32 Å². The van der Waals surface area contributed by atoms with Crippen LogP contribution in [0.5, 0.6) is 11.5 Å². The monoisotopic (exact) mass is 468 g/mol. The molecule has 2 amide bonds. The predicted octanol–water partition coefficient (Wildman–Crippen LogP) is 6.39. The van der Waals surface area contributed by atoms with Gasteiger partial charge in [0, 0.05) is 18.7 Å². The summed E-state index contributed by atoms with van der Waals surface area (Å²) in [5.41, 5.74) is 3.40. The maximum atomic E-state index is 12.8. The average molecular weight is 469 g/mol. The SMILES string of the molecule is Cc1cccc(Oc2ccc(NC(=O)[C@@H]3CC(=O)N(c4cccc(Cl)c4Cl)C3)cc2)c1C. The van der Waals surface area contributed by atoms with Crippen LogP contribution in [-0.2, 0) is 9.59 Å². The number of nitrogens with one attached hydrogen (secondary N) is 1. The Labute approximate surface area is 196 Å². The van der Waals surface area contributed by atoms with Gasteiger partial charge in [0.05, 0.1) is 21.7 Å². The van der Waals surface area contributed by atoms with Crippen molar-refractivity contribution in [3.8, 4) is 11.5 Å². The summed E-state index contributed by atoms with van der Waals surface area (Å²) in [7, 11) is 0. The minimum atomic E-state index is -0.483. The molecule has 1 saturated heterocycles. The Bertz CT molecular complexity index is 1180. The molecule has 1 N–H and O–H groups in total. The summed E-state index contributed by atoms with van der Waals surface area (Å²) in [5.74, 6) is 0.609. The average Bonchev–Trinajstić information content (AvgIpc) is 3.16. The molecule has 1 aliphatic heterocycles. The van der Waals surface area contributed by atoms with E-state index in [1.807, 2.05) is 32.0 Å². The van der Waals surface area contributed by atoms with Gasteiger partial charge >= 0.3 is 0 Å². The quantitative estimate of drug-likeness (QED) is 0.471. The highest BCUT2D eigenvalue weighted by molar-refractivity contribution is 6.44. The van der Waals surface area contributed by atoms with E-state index < -0.39 is 5.92 Å². The van der Waals surface area contributed by atoms with Crippen LogP contribution in [0.3, 0.4) is 0 Å². The highest BCUT2D eigenvalue weighted by Gasteiger charge is 2.36. The Kier molecular flexibility index (Phi) is 6.40. The normalized spacial score (nSPS) is 15.7. The van der Waals surface area contributed by atoms with Gasteiger partial charge in [-0.2, -0.15) is 0 Å². The van der Waals surface area contributed by atoms with E-state index in [-0.39, 0.29) is 24.8 Å². The van der Waals surface area contributed by atoms with Crippen molar-refractivity contribution in [2.75, 3.05) is 16.8 Å². The number of nitrogens with zero attached hydrogens (tertiary/aromatic N) is 1. The first-order chi connectivity index (χ1) is 15.3. The van der Waals surface area contributed by atoms with Crippen LogP contribution in [0.2, 0.25) is 10.0 Å². The van der Waals surface area contributed by atoms with Crippen LogP contribution in [0, 0.1) is 19.8 Å². The first-order valence-electron chi connectivity index (χ1n) is 10.2. The van der Waals surface area contributed by atoms with Crippen LogP contribution < -0.4 is 15.0 Å². The Morgan fingerprint density at radius 2 is 1.75 bits per heavy atom. The van der Waals surface area contributed by atoms with Crippen LogP contribution in [-0.4, -0.2) is 18.4 Å². The van der Waals surface area contributed by atoms with Crippen LogP contribution >= 0.6 is 23.2 Å². The molecule has 0 unspecified atom stereocenters. The summed E-state index contributed by atoms with van der Waals surface area (Å²) in [6.45, 7) is 4.30. The van der Waals surface area contributed by atoms with E-state index in [4.69, 9.17) is 27.9 Å². The van der Waals surface area contributed by atoms with E-state index >= 15 is 0 Å². The van der Waals surface area contributed by atoms with Gasteiger partial charge in [-0.1, -0.05) is 41.4 Å². The van der Waals surface area contributed by atoms with Gasteiger partial charge < -0.3 is 15.0 Å². The van der Waals surface area contributed by atoms with Crippen LogP contribution in [0.4, 0.5) is 11.4 Å². The summed E-state index contributed by atoms with van der Waals surface area (Å²) in [6.07, 6.45) is 0.114. The van der Waals surface area contributed by atoms with Gasteiger partial charge in [0.2, 0.25) is 11.8 Å². The fourth-order valence-electron chi connectivity index (χ4n) is 3.63. The number of anilines is 2. The van der Waals surface area contributed by atoms with Crippen molar-refractivity contribution >= 4 is 46.4 Å². The number of hydrogen-bond acceptors (Lipinski definition) is 3. The second kappa shape index (κ2) is 9.23. The number of hydrogen-bond donors (Lipinski definition) is 1. The Morgan fingerprint density at radius 3 is 2.50 bits per heavy atom. The molecule has 0 aliphatic carbocycles. The second-order valence-electron chi connectivity index (χ2n) is 7.79. The van der Waals surface area contributed by atoms with E-state index in [0.29, 0.717) is 27.2 Å². The topological polar surface area (TPSA) is 58.6 Å². The summed E-state index contributed by atoms with van der Waals surface area (Å²) in [5, 5.41) is 3.56. The molecule has 1 heterocycles. The van der Waals surface area contributed by atoms with Gasteiger partial charge in [0.1, 0.15) is 11.5 Å². The van der Waals surface area contributed by atoms with Crippen molar-refractivity contribution in [3.05, 3.63) is 81.8 Å². The van der Waals surface area contributed by atoms with Crippen molar-refractivity contribution in [2.24, 2.45) is 5.92 Å². The van der Waals surface area contributed by atoms with Gasteiger partial charge in [-0.05, 0) is 67.4 Å². The van der Waals surface area contributed by atoms with Gasteiger partial charge in [0.15, 0.2) is 0 Å². The molecular weight excluding hydrogens is 447 g/mol. The van der Waals surface area contributed by atoms with Crippen LogP contribution in [0.25, 0.3) is 0 Å². The third kappa shape index (κ3) is 4.59. The second-order valence-corrected chi connectivity index (χ2v) is 8.58. The molecule has 0 radical (unpaired) electrons. The fraction of sp³-hybridized carbons (Fsp3) is 0.200. The summed E-state index contributed by atoms with van der Waals surface area (Å²) < 4.78 is 5.96. The third-order valence-corrected chi connectivity index (χ3v) is 6.43. The number of halogens is 2. The smallest absolute Gasteiger partial charge is 0.229 e. The van der Waals surface area contributed by atoms with E-state index in [0.717, 1.165) is 16.9 Å². The third-order valence-electron chi connectivity index (χ3n) is 5.62. The lowest BCUT2D eigenvalue weighted by Crippen LogP contribution is -2.28. The number of aryl methyl sites for hydroxylation is 1. The molecule has 164 valence electrons. The number of benzene rings is 3. The number of amides is 2. The summed E-state index contributed by atoms with van der Waals surface area (Å²) in [6, 6.07) is 18.2. The summed E-state index contributed by atoms with van der Waals surface area (Å²) in [4.78, 5) is 26.8. The zero-order valence-electron chi connectivity index (χ0n) is 17.7.